The molecule has 37 heavy (non-hydrogen) atoms. The molecule has 5 rings (SSSR count). The summed E-state index contributed by atoms with van der Waals surface area (Å²) in [7, 11) is 0. The van der Waals surface area contributed by atoms with Crippen molar-refractivity contribution < 1.29 is 19.4 Å². The highest BCUT2D eigenvalue weighted by molar-refractivity contribution is 8.01. The number of amides is 1. The summed E-state index contributed by atoms with van der Waals surface area (Å²) in [6.45, 7) is 1.94. The molecule has 0 spiro atoms. The Labute approximate surface area is 223 Å². The summed E-state index contributed by atoms with van der Waals surface area (Å²) in [5.41, 5.74) is 3.91. The lowest BCUT2D eigenvalue weighted by molar-refractivity contribution is -0.245. The summed E-state index contributed by atoms with van der Waals surface area (Å²) < 4.78 is 13.7. The molecule has 3 unspecified atom stereocenters. The average molecular weight is 535 g/mol. The second-order valence-electron chi connectivity index (χ2n) is 8.57. The summed E-state index contributed by atoms with van der Waals surface area (Å²) in [4.78, 5) is 16.4. The van der Waals surface area contributed by atoms with Crippen molar-refractivity contribution in [2.24, 2.45) is 0 Å². The number of aliphatic hydroxyl groups is 1. The monoisotopic (exact) mass is 534 g/mol. The van der Waals surface area contributed by atoms with Crippen molar-refractivity contribution in [1.29, 1.82) is 0 Å². The van der Waals surface area contributed by atoms with Crippen LogP contribution < -0.4 is 5.32 Å². The number of anilines is 1. The summed E-state index contributed by atoms with van der Waals surface area (Å²) in [6, 6.07) is 18.7. The molecule has 2 aromatic carbocycles. The third-order valence-corrected chi connectivity index (χ3v) is 7.98. The maximum absolute atomic E-state index is 12.5. The van der Waals surface area contributed by atoms with Crippen LogP contribution in [0.25, 0.3) is 0 Å². The van der Waals surface area contributed by atoms with Crippen LogP contribution in [0.3, 0.4) is 0 Å². The number of hydrogen-bond acceptors (Lipinski definition) is 9. The molecule has 2 aromatic heterocycles. The second kappa shape index (κ2) is 11.9. The molecule has 1 saturated heterocycles. The van der Waals surface area contributed by atoms with Crippen molar-refractivity contribution in [3.8, 4) is 0 Å². The van der Waals surface area contributed by atoms with Gasteiger partial charge in [0.25, 0.3) is 5.91 Å². The van der Waals surface area contributed by atoms with Gasteiger partial charge in [-0.3, -0.25) is 9.78 Å². The number of nitrogens with zero attached hydrogens (tertiary/aromatic N) is 3. The molecule has 0 bridgehead atoms. The van der Waals surface area contributed by atoms with Gasteiger partial charge in [-0.05, 0) is 42.3 Å². The van der Waals surface area contributed by atoms with Crippen molar-refractivity contribution in [2.75, 3.05) is 11.1 Å². The smallest absolute Gasteiger partial charge is 0.257 e. The first-order valence-corrected chi connectivity index (χ1v) is 13.6. The summed E-state index contributed by atoms with van der Waals surface area (Å²) in [6.07, 6.45) is 3.05. The van der Waals surface area contributed by atoms with Gasteiger partial charge in [0.15, 0.2) is 10.6 Å². The summed E-state index contributed by atoms with van der Waals surface area (Å²) >= 11 is 3.21. The lowest BCUT2D eigenvalue weighted by Crippen LogP contribution is -2.31. The van der Waals surface area contributed by atoms with E-state index in [2.05, 4.69) is 20.5 Å². The molecule has 8 nitrogen and oxygen atoms in total. The predicted octanol–water partition coefficient (Wildman–Crippen LogP) is 5.32. The minimum atomic E-state index is -0.568. The van der Waals surface area contributed by atoms with Crippen molar-refractivity contribution in [1.82, 2.24) is 15.2 Å². The number of ether oxygens (including phenoxy) is 2. The van der Waals surface area contributed by atoms with Crippen LogP contribution in [0.2, 0.25) is 0 Å². The predicted molar refractivity (Wildman–Crippen MR) is 142 cm³/mol. The van der Waals surface area contributed by atoms with Gasteiger partial charge in [-0.1, -0.05) is 59.5 Å². The van der Waals surface area contributed by atoms with Crippen LogP contribution >= 0.6 is 23.1 Å². The number of nitrogens with one attached hydrogen (secondary N) is 1. The summed E-state index contributed by atoms with van der Waals surface area (Å²) in [5.74, 6) is 0.500. The number of hydrogen-bond donors (Lipinski definition) is 2. The van der Waals surface area contributed by atoms with E-state index in [9.17, 15) is 9.90 Å². The van der Waals surface area contributed by atoms with E-state index in [-0.39, 0.29) is 24.7 Å². The SMILES string of the molecule is Cc1nnc(SCC2CC(c3ccc(CO)cc3)OC(c3ccc(NC(=O)c4cccnc4)cc3)O2)s1. The maximum Gasteiger partial charge on any atom is 0.257 e. The minimum Gasteiger partial charge on any atom is -0.392 e. The van der Waals surface area contributed by atoms with Crippen LogP contribution in [0.1, 0.15) is 50.9 Å². The number of aryl methyl sites for hydroxylation is 1. The highest BCUT2D eigenvalue weighted by atomic mass is 32.2. The molecule has 0 radical (unpaired) electrons. The third kappa shape index (κ3) is 6.60. The Bertz CT molecular complexity index is 1320. The molecular formula is C27H26N4O4S2. The fraction of sp³-hybridized carbons (Fsp3) is 0.259. The number of aromatic nitrogens is 3. The molecule has 0 saturated carbocycles. The zero-order valence-corrected chi connectivity index (χ0v) is 21.7. The number of carbonyl (C=O) groups excluding carboxylic acids is 1. The minimum absolute atomic E-state index is 0.00173. The van der Waals surface area contributed by atoms with Gasteiger partial charge in [-0.15, -0.1) is 10.2 Å². The van der Waals surface area contributed by atoms with Gasteiger partial charge in [-0.2, -0.15) is 0 Å². The van der Waals surface area contributed by atoms with Crippen LogP contribution in [0.5, 0.6) is 0 Å². The van der Waals surface area contributed by atoms with E-state index in [1.54, 1.807) is 41.4 Å². The van der Waals surface area contributed by atoms with Crippen molar-refractivity contribution in [3.05, 3.63) is 100 Å². The summed E-state index contributed by atoms with van der Waals surface area (Å²) in [5, 5.41) is 21.5. The van der Waals surface area contributed by atoms with Crippen molar-refractivity contribution >= 4 is 34.7 Å². The molecule has 2 N–H and O–H groups in total. The number of carbonyl (C=O) groups is 1. The number of benzene rings is 2. The second-order valence-corrected chi connectivity index (χ2v) is 11.0. The standard InChI is InChI=1S/C27H26N4O4S2/c1-17-30-31-27(37-17)36-16-23-13-24(19-6-4-18(15-32)5-7-19)35-26(34-23)20-8-10-22(11-9-20)29-25(33)21-3-2-12-28-14-21/h2-12,14,23-24,26,32H,13,15-16H2,1H3,(H,29,33). The van der Waals surface area contributed by atoms with E-state index in [4.69, 9.17) is 9.47 Å². The molecule has 1 aliphatic heterocycles. The quantitative estimate of drug-likeness (QED) is 0.293. The van der Waals surface area contributed by atoms with Crippen LogP contribution in [0.4, 0.5) is 5.69 Å². The molecule has 1 fully saturated rings. The van der Waals surface area contributed by atoms with Gasteiger partial charge in [0.05, 0.1) is 24.4 Å². The lowest BCUT2D eigenvalue weighted by Gasteiger charge is -2.36. The molecule has 4 aromatic rings. The van der Waals surface area contributed by atoms with Crippen LogP contribution in [0, 0.1) is 6.92 Å². The lowest BCUT2D eigenvalue weighted by atomic mass is 10.0. The number of aliphatic hydroxyl groups excluding tert-OH is 1. The zero-order chi connectivity index (χ0) is 25.6. The third-order valence-electron chi connectivity index (χ3n) is 5.88. The van der Waals surface area contributed by atoms with E-state index in [0.29, 0.717) is 17.7 Å². The number of pyridine rings is 1. The van der Waals surface area contributed by atoms with Gasteiger partial charge in [0, 0.05) is 35.8 Å². The number of rotatable bonds is 8. The van der Waals surface area contributed by atoms with Crippen LogP contribution in [-0.2, 0) is 16.1 Å². The largest absolute Gasteiger partial charge is 0.392 e. The van der Waals surface area contributed by atoms with Crippen LogP contribution in [0.15, 0.2) is 77.4 Å². The normalized spacial score (nSPS) is 19.5. The van der Waals surface area contributed by atoms with Gasteiger partial charge >= 0.3 is 0 Å². The van der Waals surface area contributed by atoms with Gasteiger partial charge in [-0.25, -0.2) is 0 Å². The molecule has 0 aliphatic carbocycles. The molecular weight excluding hydrogens is 508 g/mol. The topological polar surface area (TPSA) is 106 Å². The van der Waals surface area contributed by atoms with Crippen molar-refractivity contribution in [3.63, 3.8) is 0 Å². The number of thioether (sulfide) groups is 1. The Morgan fingerprint density at radius 2 is 1.86 bits per heavy atom. The van der Waals surface area contributed by atoms with E-state index in [0.717, 1.165) is 31.8 Å². The molecule has 3 atom stereocenters. The fourth-order valence-corrected chi connectivity index (χ4v) is 5.81. The first-order valence-electron chi connectivity index (χ1n) is 11.8. The highest BCUT2D eigenvalue weighted by Crippen LogP contribution is 2.39. The van der Waals surface area contributed by atoms with Gasteiger partial charge in [0.1, 0.15) is 5.01 Å². The first-order chi connectivity index (χ1) is 18.1. The van der Waals surface area contributed by atoms with Crippen LogP contribution in [-0.4, -0.2) is 38.1 Å². The van der Waals surface area contributed by atoms with E-state index < -0.39 is 6.29 Å². The molecule has 1 aliphatic rings. The fourth-order valence-electron chi connectivity index (χ4n) is 3.95. The molecule has 190 valence electrons. The Hall–Kier alpha value is -3.15. The Morgan fingerprint density at radius 1 is 1.08 bits per heavy atom. The average Bonchev–Trinajstić information content (AvgIpc) is 3.37. The molecule has 10 heteroatoms. The Balaban J connectivity index is 1.30. The van der Waals surface area contributed by atoms with Gasteiger partial charge in [0.2, 0.25) is 0 Å². The zero-order valence-electron chi connectivity index (χ0n) is 20.1. The van der Waals surface area contributed by atoms with Gasteiger partial charge < -0.3 is 19.9 Å². The Morgan fingerprint density at radius 3 is 2.54 bits per heavy atom. The van der Waals surface area contributed by atoms with Crippen molar-refractivity contribution in [2.45, 2.75) is 42.8 Å². The van der Waals surface area contributed by atoms with E-state index in [1.165, 1.54) is 6.20 Å². The highest BCUT2D eigenvalue weighted by Gasteiger charge is 2.32. The maximum atomic E-state index is 12.5. The van der Waals surface area contributed by atoms with E-state index in [1.807, 2.05) is 55.5 Å². The van der Waals surface area contributed by atoms with E-state index >= 15 is 0 Å². The molecule has 3 heterocycles. The Kier molecular flexibility index (Phi) is 8.22. The first kappa shape index (κ1) is 25.5. The molecule has 1 amide bonds.